The van der Waals surface area contributed by atoms with Gasteiger partial charge in [0.05, 0.1) is 6.61 Å². The third kappa shape index (κ3) is 2.80. The van der Waals surface area contributed by atoms with Crippen LogP contribution in [-0.4, -0.2) is 25.1 Å². The zero-order valence-electron chi connectivity index (χ0n) is 12.3. The maximum atomic E-state index is 11.8. The second kappa shape index (κ2) is 6.27. The second-order valence-electron chi connectivity index (χ2n) is 5.58. The van der Waals surface area contributed by atoms with Crippen molar-refractivity contribution in [3.05, 3.63) is 29.8 Å². The van der Waals surface area contributed by atoms with Gasteiger partial charge >= 0.3 is 0 Å². The van der Waals surface area contributed by atoms with Gasteiger partial charge in [-0.15, -0.1) is 0 Å². The van der Waals surface area contributed by atoms with Crippen LogP contribution in [0.2, 0.25) is 0 Å². The van der Waals surface area contributed by atoms with Crippen molar-refractivity contribution in [2.45, 2.75) is 38.1 Å². The average molecular weight is 276 g/mol. The number of nitrogens with one attached hydrogen (secondary N) is 1. The Balaban J connectivity index is 1.94. The molecule has 110 valence electrons. The zero-order valence-corrected chi connectivity index (χ0v) is 12.3. The Morgan fingerprint density at radius 2 is 2.25 bits per heavy atom. The summed E-state index contributed by atoms with van der Waals surface area (Å²) in [5, 5.41) is 3.16. The van der Waals surface area contributed by atoms with Gasteiger partial charge in [0.25, 0.3) is 0 Å². The van der Waals surface area contributed by atoms with Crippen LogP contribution in [0, 0.1) is 12.8 Å². The number of ether oxygens (including phenoxy) is 1. The fourth-order valence-corrected chi connectivity index (χ4v) is 3.27. The highest BCUT2D eigenvalue weighted by Crippen LogP contribution is 2.37. The predicted molar refractivity (Wildman–Crippen MR) is 79.6 cm³/mol. The molecule has 0 spiro atoms. The molecule has 4 heteroatoms. The number of carbonyl (C=O) groups excluding carboxylic acids is 1. The van der Waals surface area contributed by atoms with Crippen LogP contribution < -0.4 is 15.8 Å². The maximum Gasteiger partial charge on any atom is 0.238 e. The van der Waals surface area contributed by atoms with Crippen molar-refractivity contribution in [1.82, 2.24) is 5.32 Å². The van der Waals surface area contributed by atoms with Gasteiger partial charge in [-0.2, -0.15) is 0 Å². The molecule has 0 aromatic heterocycles. The van der Waals surface area contributed by atoms with Crippen LogP contribution in [0.25, 0.3) is 0 Å². The number of primary amides is 1. The fourth-order valence-electron chi connectivity index (χ4n) is 3.27. The molecule has 1 saturated carbocycles. The quantitative estimate of drug-likeness (QED) is 0.835. The number of hydrogen-bond acceptors (Lipinski definition) is 3. The Morgan fingerprint density at radius 3 is 2.90 bits per heavy atom. The van der Waals surface area contributed by atoms with Gasteiger partial charge in [-0.3, -0.25) is 4.79 Å². The van der Waals surface area contributed by atoms with Crippen molar-refractivity contribution in [2.24, 2.45) is 11.7 Å². The van der Waals surface area contributed by atoms with E-state index in [9.17, 15) is 4.79 Å². The Labute approximate surface area is 120 Å². The van der Waals surface area contributed by atoms with Gasteiger partial charge in [-0.1, -0.05) is 24.6 Å². The number of aryl methyl sites for hydroxylation is 1. The minimum absolute atomic E-state index is 0.238. The van der Waals surface area contributed by atoms with E-state index >= 15 is 0 Å². The monoisotopic (exact) mass is 276 g/mol. The molecule has 0 radical (unpaired) electrons. The van der Waals surface area contributed by atoms with Crippen LogP contribution in [-0.2, 0) is 4.79 Å². The van der Waals surface area contributed by atoms with Crippen LogP contribution in [0.1, 0.15) is 31.2 Å². The van der Waals surface area contributed by atoms with Gasteiger partial charge in [0.1, 0.15) is 11.3 Å². The molecule has 2 unspecified atom stereocenters. The van der Waals surface area contributed by atoms with Gasteiger partial charge in [0.15, 0.2) is 0 Å². The molecule has 1 amide bonds. The van der Waals surface area contributed by atoms with Crippen molar-refractivity contribution in [3.8, 4) is 5.75 Å². The summed E-state index contributed by atoms with van der Waals surface area (Å²) in [5.74, 6) is 0.937. The smallest absolute Gasteiger partial charge is 0.238 e. The molecule has 1 aromatic rings. The lowest BCUT2D eigenvalue weighted by molar-refractivity contribution is -0.125. The number of hydrogen-bond donors (Lipinski definition) is 2. The number of para-hydroxylation sites is 1. The van der Waals surface area contributed by atoms with E-state index in [0.717, 1.165) is 37.0 Å². The Kier molecular flexibility index (Phi) is 4.65. The third-order valence-corrected chi connectivity index (χ3v) is 4.52. The summed E-state index contributed by atoms with van der Waals surface area (Å²) < 4.78 is 5.84. The predicted octanol–water partition coefficient (Wildman–Crippen LogP) is 2.01. The highest BCUT2D eigenvalue weighted by molar-refractivity contribution is 5.85. The molecule has 0 saturated heterocycles. The Hall–Kier alpha value is -1.55. The molecule has 1 aliphatic carbocycles. The average Bonchev–Trinajstić information content (AvgIpc) is 2.85. The molecule has 20 heavy (non-hydrogen) atoms. The zero-order chi connectivity index (χ0) is 14.6. The molecule has 4 nitrogen and oxygen atoms in total. The lowest BCUT2D eigenvalue weighted by Crippen LogP contribution is -2.56. The van der Waals surface area contributed by atoms with Crippen LogP contribution >= 0.6 is 0 Å². The molecule has 1 fully saturated rings. The molecule has 2 rings (SSSR count). The summed E-state index contributed by atoms with van der Waals surface area (Å²) >= 11 is 0. The van der Waals surface area contributed by atoms with E-state index in [0.29, 0.717) is 6.61 Å². The van der Waals surface area contributed by atoms with Gasteiger partial charge in [-0.05, 0) is 50.8 Å². The van der Waals surface area contributed by atoms with E-state index in [4.69, 9.17) is 10.5 Å². The van der Waals surface area contributed by atoms with E-state index in [-0.39, 0.29) is 11.8 Å². The first kappa shape index (κ1) is 14.9. The number of likely N-dealkylation sites (N-methyl/N-ethyl adjacent to an activating group) is 1. The van der Waals surface area contributed by atoms with Crippen LogP contribution in [0.4, 0.5) is 0 Å². The summed E-state index contributed by atoms with van der Waals surface area (Å²) in [6.07, 6.45) is 3.74. The van der Waals surface area contributed by atoms with Gasteiger partial charge in [0.2, 0.25) is 5.91 Å². The van der Waals surface area contributed by atoms with E-state index in [1.807, 2.05) is 38.2 Å². The van der Waals surface area contributed by atoms with Crippen molar-refractivity contribution in [1.29, 1.82) is 0 Å². The molecule has 0 heterocycles. The molecule has 1 aromatic carbocycles. The first-order valence-corrected chi connectivity index (χ1v) is 7.27. The van der Waals surface area contributed by atoms with Gasteiger partial charge in [0, 0.05) is 0 Å². The second-order valence-corrected chi connectivity index (χ2v) is 5.58. The maximum absolute atomic E-state index is 11.8. The molecule has 0 aliphatic heterocycles. The standard InChI is InChI=1S/C16H24N2O2/c1-12-6-3-4-8-14(12)20-11-9-13-7-5-10-16(13,18-2)15(17)19/h3-4,6,8,13,18H,5,7,9-11H2,1-2H3,(H2,17,19). The first-order valence-electron chi connectivity index (χ1n) is 7.27. The molecule has 0 bridgehead atoms. The van der Waals surface area contributed by atoms with Crippen molar-refractivity contribution < 1.29 is 9.53 Å². The minimum atomic E-state index is -0.547. The lowest BCUT2D eigenvalue weighted by Gasteiger charge is -2.32. The van der Waals surface area contributed by atoms with Gasteiger partial charge < -0.3 is 15.8 Å². The van der Waals surface area contributed by atoms with E-state index in [2.05, 4.69) is 5.32 Å². The van der Waals surface area contributed by atoms with E-state index in [1.165, 1.54) is 0 Å². The molecule has 3 N–H and O–H groups in total. The number of benzene rings is 1. The largest absolute Gasteiger partial charge is 0.493 e. The number of rotatable bonds is 6. The highest BCUT2D eigenvalue weighted by Gasteiger charge is 2.46. The van der Waals surface area contributed by atoms with Crippen LogP contribution in [0.5, 0.6) is 5.75 Å². The Morgan fingerprint density at radius 1 is 1.50 bits per heavy atom. The molecular weight excluding hydrogens is 252 g/mol. The topological polar surface area (TPSA) is 64.3 Å². The summed E-state index contributed by atoms with van der Waals surface area (Å²) in [4.78, 5) is 11.8. The number of amides is 1. The molecule has 2 atom stereocenters. The van der Waals surface area contributed by atoms with Crippen molar-refractivity contribution in [3.63, 3.8) is 0 Å². The van der Waals surface area contributed by atoms with E-state index < -0.39 is 5.54 Å². The van der Waals surface area contributed by atoms with Crippen molar-refractivity contribution >= 4 is 5.91 Å². The van der Waals surface area contributed by atoms with E-state index in [1.54, 1.807) is 0 Å². The van der Waals surface area contributed by atoms with Crippen LogP contribution in [0.3, 0.4) is 0 Å². The normalized spacial score (nSPS) is 25.6. The third-order valence-electron chi connectivity index (χ3n) is 4.52. The summed E-state index contributed by atoms with van der Waals surface area (Å²) in [6, 6.07) is 7.98. The number of carbonyl (C=O) groups is 1. The van der Waals surface area contributed by atoms with Crippen molar-refractivity contribution in [2.75, 3.05) is 13.7 Å². The van der Waals surface area contributed by atoms with Crippen LogP contribution in [0.15, 0.2) is 24.3 Å². The fraction of sp³-hybridized carbons (Fsp3) is 0.562. The van der Waals surface area contributed by atoms with Gasteiger partial charge in [-0.25, -0.2) is 0 Å². The minimum Gasteiger partial charge on any atom is -0.493 e. The summed E-state index contributed by atoms with van der Waals surface area (Å²) in [7, 11) is 1.82. The first-order chi connectivity index (χ1) is 9.60. The summed E-state index contributed by atoms with van der Waals surface area (Å²) in [5.41, 5.74) is 6.18. The molecule has 1 aliphatic rings. The Bertz CT molecular complexity index is 475. The highest BCUT2D eigenvalue weighted by atomic mass is 16.5. The summed E-state index contributed by atoms with van der Waals surface area (Å²) in [6.45, 7) is 2.65. The SMILES string of the molecule is CNC1(C(N)=O)CCCC1CCOc1ccccc1C. The molecular formula is C16H24N2O2. The lowest BCUT2D eigenvalue weighted by atomic mass is 9.84. The number of nitrogens with two attached hydrogens (primary N) is 1.